The van der Waals surface area contributed by atoms with Gasteiger partial charge >= 0.3 is 5.97 Å². The molecule has 3 unspecified atom stereocenters. The van der Waals surface area contributed by atoms with E-state index in [4.69, 9.17) is 4.74 Å². The van der Waals surface area contributed by atoms with Gasteiger partial charge in [-0.25, -0.2) is 0 Å². The van der Waals surface area contributed by atoms with Crippen LogP contribution in [0.2, 0.25) is 0 Å². The summed E-state index contributed by atoms with van der Waals surface area (Å²) in [6, 6.07) is 1.10. The van der Waals surface area contributed by atoms with Crippen molar-refractivity contribution in [2.75, 3.05) is 39.8 Å². The second-order valence-electron chi connectivity index (χ2n) is 6.55. The number of carbonyl (C=O) groups is 1. The first-order chi connectivity index (χ1) is 10.0. The van der Waals surface area contributed by atoms with E-state index in [2.05, 4.69) is 36.0 Å². The topological polar surface area (TPSA) is 44.8 Å². The zero-order chi connectivity index (χ0) is 15.5. The van der Waals surface area contributed by atoms with E-state index < -0.39 is 5.54 Å². The summed E-state index contributed by atoms with van der Waals surface area (Å²) >= 11 is 0. The van der Waals surface area contributed by atoms with Crippen LogP contribution in [-0.2, 0) is 9.53 Å². The molecule has 1 saturated carbocycles. The molecule has 5 nitrogen and oxygen atoms in total. The van der Waals surface area contributed by atoms with Crippen LogP contribution in [-0.4, -0.2) is 73.2 Å². The van der Waals surface area contributed by atoms with Crippen LogP contribution in [0, 0.1) is 0 Å². The minimum Gasteiger partial charge on any atom is -0.465 e. The Bertz CT molecular complexity index is 363. The number of rotatable bonds is 5. The van der Waals surface area contributed by atoms with Gasteiger partial charge in [0.2, 0.25) is 0 Å². The lowest BCUT2D eigenvalue weighted by molar-refractivity contribution is -0.151. The lowest BCUT2D eigenvalue weighted by atomic mass is 9.96. The Morgan fingerprint density at radius 3 is 2.76 bits per heavy atom. The molecule has 5 heteroatoms. The first-order valence-electron chi connectivity index (χ1n) is 8.39. The van der Waals surface area contributed by atoms with Crippen molar-refractivity contribution in [1.29, 1.82) is 0 Å². The number of nitrogens with one attached hydrogen (secondary N) is 1. The number of hydrogen-bond donors (Lipinski definition) is 1. The fourth-order valence-electron chi connectivity index (χ4n) is 3.77. The molecule has 1 aliphatic carbocycles. The summed E-state index contributed by atoms with van der Waals surface area (Å²) in [5.74, 6) is -0.0588. The zero-order valence-electron chi connectivity index (χ0n) is 14.0. The van der Waals surface area contributed by atoms with Gasteiger partial charge in [0.25, 0.3) is 0 Å². The summed E-state index contributed by atoms with van der Waals surface area (Å²) in [5.41, 5.74) is -0.456. The first-order valence-corrected chi connectivity index (χ1v) is 8.39. The third-order valence-corrected chi connectivity index (χ3v) is 5.18. The van der Waals surface area contributed by atoms with Crippen molar-refractivity contribution in [1.82, 2.24) is 15.1 Å². The number of carbonyl (C=O) groups excluding carboxylic acids is 1. The molecular weight excluding hydrogens is 266 g/mol. The van der Waals surface area contributed by atoms with Gasteiger partial charge in [-0.3, -0.25) is 9.69 Å². The molecule has 1 saturated heterocycles. The van der Waals surface area contributed by atoms with Gasteiger partial charge in [-0.2, -0.15) is 0 Å². The number of ether oxygens (including phenoxy) is 1. The Balaban J connectivity index is 2.01. The fraction of sp³-hybridized carbons (Fsp3) is 0.938. The molecule has 2 fully saturated rings. The molecule has 122 valence electrons. The average molecular weight is 297 g/mol. The minimum atomic E-state index is -0.456. The molecule has 2 aliphatic rings. The molecule has 0 radical (unpaired) electrons. The molecule has 0 aromatic carbocycles. The summed E-state index contributed by atoms with van der Waals surface area (Å²) in [7, 11) is 2.19. The molecule has 0 amide bonds. The maximum Gasteiger partial charge on any atom is 0.326 e. The standard InChI is InChI=1S/C16H31N3O2/c1-5-17-16(15(20)21-6-2)8-7-14(11-16)19-10-9-18(4)13(3)12-19/h13-14,17H,5-12H2,1-4H3. The lowest BCUT2D eigenvalue weighted by Gasteiger charge is -2.41. The highest BCUT2D eigenvalue weighted by molar-refractivity contribution is 5.81. The monoisotopic (exact) mass is 297 g/mol. The predicted octanol–water partition coefficient (Wildman–Crippen LogP) is 1.09. The second kappa shape index (κ2) is 7.07. The third kappa shape index (κ3) is 3.58. The first kappa shape index (κ1) is 16.7. The summed E-state index contributed by atoms with van der Waals surface area (Å²) < 4.78 is 5.33. The van der Waals surface area contributed by atoms with Crippen LogP contribution in [0.3, 0.4) is 0 Å². The van der Waals surface area contributed by atoms with E-state index in [-0.39, 0.29) is 5.97 Å². The van der Waals surface area contributed by atoms with Gasteiger partial charge in [0, 0.05) is 31.7 Å². The molecule has 1 N–H and O–H groups in total. The largest absolute Gasteiger partial charge is 0.465 e. The van der Waals surface area contributed by atoms with Crippen LogP contribution in [0.25, 0.3) is 0 Å². The normalized spacial score (nSPS) is 35.0. The van der Waals surface area contributed by atoms with E-state index in [1.54, 1.807) is 0 Å². The van der Waals surface area contributed by atoms with Crippen molar-refractivity contribution < 1.29 is 9.53 Å². The van der Waals surface area contributed by atoms with E-state index in [9.17, 15) is 4.79 Å². The van der Waals surface area contributed by atoms with Crippen LogP contribution in [0.4, 0.5) is 0 Å². The van der Waals surface area contributed by atoms with Gasteiger partial charge < -0.3 is 15.0 Å². The van der Waals surface area contributed by atoms with Crippen molar-refractivity contribution in [3.8, 4) is 0 Å². The summed E-state index contributed by atoms with van der Waals surface area (Å²) in [6.07, 6.45) is 2.86. The van der Waals surface area contributed by atoms with Crippen molar-refractivity contribution in [3.63, 3.8) is 0 Å². The quantitative estimate of drug-likeness (QED) is 0.770. The Hall–Kier alpha value is -0.650. The Kier molecular flexibility index (Phi) is 5.63. The third-order valence-electron chi connectivity index (χ3n) is 5.18. The number of nitrogens with zero attached hydrogens (tertiary/aromatic N) is 2. The van der Waals surface area contributed by atoms with E-state index in [1.807, 2.05) is 6.92 Å². The molecular formula is C16H31N3O2. The fourth-order valence-corrected chi connectivity index (χ4v) is 3.77. The van der Waals surface area contributed by atoms with Crippen molar-refractivity contribution >= 4 is 5.97 Å². The van der Waals surface area contributed by atoms with Crippen LogP contribution in [0.15, 0.2) is 0 Å². The summed E-state index contributed by atoms with van der Waals surface area (Å²) in [4.78, 5) is 17.4. The number of esters is 1. The van der Waals surface area contributed by atoms with Gasteiger partial charge in [-0.1, -0.05) is 6.92 Å². The van der Waals surface area contributed by atoms with Gasteiger partial charge in [0.15, 0.2) is 0 Å². The molecule has 1 aliphatic heterocycles. The predicted molar refractivity (Wildman–Crippen MR) is 84.3 cm³/mol. The summed E-state index contributed by atoms with van der Waals surface area (Å²) in [5, 5.41) is 3.42. The van der Waals surface area contributed by atoms with Crippen molar-refractivity contribution in [2.24, 2.45) is 0 Å². The Morgan fingerprint density at radius 2 is 2.14 bits per heavy atom. The highest BCUT2D eigenvalue weighted by atomic mass is 16.5. The van der Waals surface area contributed by atoms with Crippen molar-refractivity contribution in [3.05, 3.63) is 0 Å². The SMILES string of the molecule is CCNC1(C(=O)OCC)CCC(N2CCN(C)C(C)C2)C1. The second-order valence-corrected chi connectivity index (χ2v) is 6.55. The summed E-state index contributed by atoms with van der Waals surface area (Å²) in [6.45, 7) is 10.8. The van der Waals surface area contributed by atoms with E-state index in [0.29, 0.717) is 18.7 Å². The maximum absolute atomic E-state index is 12.4. The number of likely N-dealkylation sites (N-methyl/N-ethyl adjacent to an activating group) is 2. The van der Waals surface area contributed by atoms with Crippen LogP contribution in [0.5, 0.6) is 0 Å². The van der Waals surface area contributed by atoms with Gasteiger partial charge in [-0.15, -0.1) is 0 Å². The van der Waals surface area contributed by atoms with E-state index >= 15 is 0 Å². The minimum absolute atomic E-state index is 0.0588. The number of piperazine rings is 1. The molecule has 0 aromatic heterocycles. The molecule has 0 bridgehead atoms. The lowest BCUT2D eigenvalue weighted by Crippen LogP contribution is -2.55. The Morgan fingerprint density at radius 1 is 1.38 bits per heavy atom. The molecule has 0 spiro atoms. The van der Waals surface area contributed by atoms with Crippen LogP contribution >= 0.6 is 0 Å². The molecule has 3 atom stereocenters. The van der Waals surface area contributed by atoms with Gasteiger partial charge in [-0.05, 0) is 46.7 Å². The van der Waals surface area contributed by atoms with Crippen molar-refractivity contribution in [2.45, 2.75) is 57.7 Å². The zero-order valence-corrected chi connectivity index (χ0v) is 14.0. The molecule has 21 heavy (non-hydrogen) atoms. The van der Waals surface area contributed by atoms with E-state index in [1.165, 1.54) is 0 Å². The van der Waals surface area contributed by atoms with Gasteiger partial charge in [0.1, 0.15) is 5.54 Å². The number of hydrogen-bond acceptors (Lipinski definition) is 5. The molecule has 1 heterocycles. The van der Waals surface area contributed by atoms with E-state index in [0.717, 1.165) is 45.4 Å². The Labute approximate surface area is 129 Å². The van der Waals surface area contributed by atoms with Gasteiger partial charge in [0.05, 0.1) is 6.61 Å². The smallest absolute Gasteiger partial charge is 0.326 e. The molecule has 2 rings (SSSR count). The average Bonchev–Trinajstić information content (AvgIpc) is 2.88. The molecule has 0 aromatic rings. The van der Waals surface area contributed by atoms with Crippen LogP contribution < -0.4 is 5.32 Å². The van der Waals surface area contributed by atoms with Crippen LogP contribution in [0.1, 0.15) is 40.0 Å². The highest BCUT2D eigenvalue weighted by Gasteiger charge is 2.47. The maximum atomic E-state index is 12.4. The highest BCUT2D eigenvalue weighted by Crippen LogP contribution is 2.35.